The number of nitrogens with one attached hydrogen (secondary N) is 1. The Morgan fingerprint density at radius 2 is 1.83 bits per heavy atom. The van der Waals surface area contributed by atoms with Crippen molar-refractivity contribution in [3.05, 3.63) is 48.7 Å². The van der Waals surface area contributed by atoms with E-state index in [4.69, 9.17) is 5.73 Å². The van der Waals surface area contributed by atoms with Crippen molar-refractivity contribution < 1.29 is 0 Å². The fraction of sp³-hybridized carbons (Fsp3) is 0. The van der Waals surface area contributed by atoms with Crippen LogP contribution < -0.4 is 5.73 Å². The molecule has 2 heterocycles. The minimum Gasteiger partial charge on any atom is -0.384 e. The van der Waals surface area contributed by atoms with Gasteiger partial charge in [0.1, 0.15) is 5.82 Å². The van der Waals surface area contributed by atoms with E-state index < -0.39 is 0 Å². The normalized spacial score (nSPS) is 10.4. The zero-order chi connectivity index (χ0) is 12.4. The average molecular weight is 237 g/mol. The minimum absolute atomic E-state index is 0.457. The molecule has 0 saturated carbocycles. The van der Waals surface area contributed by atoms with Gasteiger partial charge in [-0.3, -0.25) is 5.10 Å². The number of aromatic nitrogens is 4. The molecule has 0 aliphatic carbocycles. The molecule has 5 nitrogen and oxygen atoms in total. The third-order valence-electron chi connectivity index (χ3n) is 2.57. The number of H-pyrrole nitrogens is 1. The Kier molecular flexibility index (Phi) is 2.49. The van der Waals surface area contributed by atoms with Gasteiger partial charge in [-0.2, -0.15) is 5.10 Å². The maximum absolute atomic E-state index is 5.64. The smallest absolute Gasteiger partial charge is 0.181 e. The van der Waals surface area contributed by atoms with E-state index in [-0.39, 0.29) is 0 Å². The molecular formula is C13H11N5. The first-order chi connectivity index (χ1) is 8.83. The fourth-order valence-electron chi connectivity index (χ4n) is 1.70. The summed E-state index contributed by atoms with van der Waals surface area (Å²) < 4.78 is 0. The molecule has 0 unspecified atom stereocenters. The van der Waals surface area contributed by atoms with Crippen LogP contribution in [-0.2, 0) is 0 Å². The van der Waals surface area contributed by atoms with Crippen LogP contribution in [0.25, 0.3) is 22.8 Å². The molecule has 0 spiro atoms. The van der Waals surface area contributed by atoms with Crippen LogP contribution in [0.3, 0.4) is 0 Å². The summed E-state index contributed by atoms with van der Waals surface area (Å²) in [4.78, 5) is 8.38. The predicted molar refractivity (Wildman–Crippen MR) is 69.5 cm³/mol. The van der Waals surface area contributed by atoms with Crippen molar-refractivity contribution in [3.63, 3.8) is 0 Å². The molecule has 0 atom stereocenters. The Hall–Kier alpha value is -2.69. The molecule has 0 radical (unpaired) electrons. The van der Waals surface area contributed by atoms with Crippen LogP contribution >= 0.6 is 0 Å². The topological polar surface area (TPSA) is 80.5 Å². The zero-order valence-electron chi connectivity index (χ0n) is 9.54. The lowest BCUT2D eigenvalue weighted by Gasteiger charge is -1.95. The van der Waals surface area contributed by atoms with E-state index in [0.29, 0.717) is 11.6 Å². The van der Waals surface area contributed by atoms with Crippen molar-refractivity contribution in [2.45, 2.75) is 0 Å². The Morgan fingerprint density at radius 3 is 2.61 bits per heavy atom. The lowest BCUT2D eigenvalue weighted by atomic mass is 10.2. The van der Waals surface area contributed by atoms with Crippen LogP contribution in [0.1, 0.15) is 0 Å². The van der Waals surface area contributed by atoms with Gasteiger partial charge < -0.3 is 5.73 Å². The number of aromatic amines is 1. The van der Waals surface area contributed by atoms with Gasteiger partial charge >= 0.3 is 0 Å². The van der Waals surface area contributed by atoms with Crippen LogP contribution in [0.2, 0.25) is 0 Å². The maximum atomic E-state index is 5.64. The molecule has 3 rings (SSSR count). The Labute approximate surface area is 104 Å². The number of nitrogen functional groups attached to an aromatic ring is 1. The van der Waals surface area contributed by atoms with E-state index in [2.05, 4.69) is 20.2 Å². The number of benzene rings is 1. The van der Waals surface area contributed by atoms with Crippen molar-refractivity contribution in [2.75, 3.05) is 5.73 Å². The van der Waals surface area contributed by atoms with Crippen LogP contribution in [0.5, 0.6) is 0 Å². The summed E-state index contributed by atoms with van der Waals surface area (Å²) in [5.74, 6) is 1.81. The van der Waals surface area contributed by atoms with Gasteiger partial charge in [0, 0.05) is 17.3 Å². The number of anilines is 1. The zero-order valence-corrected chi connectivity index (χ0v) is 9.54. The first-order valence-electron chi connectivity index (χ1n) is 5.52. The largest absolute Gasteiger partial charge is 0.384 e. The van der Waals surface area contributed by atoms with Gasteiger partial charge in [-0.25, -0.2) is 9.97 Å². The second-order valence-corrected chi connectivity index (χ2v) is 3.84. The molecule has 0 saturated heterocycles. The number of rotatable bonds is 2. The standard InChI is InChI=1S/C13H11N5/c14-11-8-10(6-7-15-11)13-16-12(17-18-13)9-4-2-1-3-5-9/h1-8H,(H2,14,15)(H,16,17,18). The summed E-state index contributed by atoms with van der Waals surface area (Å²) in [5, 5.41) is 7.10. The molecule has 2 aromatic heterocycles. The Balaban J connectivity index is 2.00. The van der Waals surface area contributed by atoms with E-state index in [1.54, 1.807) is 12.3 Å². The molecule has 0 aliphatic heterocycles. The van der Waals surface area contributed by atoms with Gasteiger partial charge in [-0.05, 0) is 12.1 Å². The molecule has 0 amide bonds. The van der Waals surface area contributed by atoms with Gasteiger partial charge in [0.25, 0.3) is 0 Å². The van der Waals surface area contributed by atoms with Crippen LogP contribution in [-0.4, -0.2) is 20.2 Å². The lowest BCUT2D eigenvalue weighted by Crippen LogP contribution is -1.90. The van der Waals surface area contributed by atoms with E-state index in [9.17, 15) is 0 Å². The molecule has 1 aromatic carbocycles. The second-order valence-electron chi connectivity index (χ2n) is 3.84. The van der Waals surface area contributed by atoms with Crippen molar-refractivity contribution in [1.82, 2.24) is 20.2 Å². The van der Waals surface area contributed by atoms with Gasteiger partial charge in [-0.1, -0.05) is 30.3 Å². The number of pyridine rings is 1. The fourth-order valence-corrected chi connectivity index (χ4v) is 1.70. The van der Waals surface area contributed by atoms with E-state index in [0.717, 1.165) is 17.0 Å². The van der Waals surface area contributed by atoms with E-state index in [1.807, 2.05) is 36.4 Å². The number of hydrogen-bond donors (Lipinski definition) is 2. The summed E-state index contributed by atoms with van der Waals surface area (Å²) >= 11 is 0. The van der Waals surface area contributed by atoms with Crippen LogP contribution in [0, 0.1) is 0 Å². The molecule has 88 valence electrons. The highest BCUT2D eigenvalue weighted by atomic mass is 15.2. The third kappa shape index (κ3) is 1.93. The van der Waals surface area contributed by atoms with Crippen molar-refractivity contribution >= 4 is 5.82 Å². The van der Waals surface area contributed by atoms with Gasteiger partial charge in [0.05, 0.1) is 0 Å². The summed E-state index contributed by atoms with van der Waals surface area (Å²) in [6.07, 6.45) is 1.64. The SMILES string of the molecule is Nc1cc(-c2n[nH]c(-c3ccccc3)n2)ccn1. The lowest BCUT2D eigenvalue weighted by molar-refractivity contribution is 1.10. The summed E-state index contributed by atoms with van der Waals surface area (Å²) in [6, 6.07) is 13.4. The van der Waals surface area contributed by atoms with Crippen molar-refractivity contribution in [1.29, 1.82) is 0 Å². The number of hydrogen-bond acceptors (Lipinski definition) is 4. The molecule has 3 aromatic rings. The first kappa shape index (κ1) is 10.5. The third-order valence-corrected chi connectivity index (χ3v) is 2.57. The molecule has 0 fully saturated rings. The maximum Gasteiger partial charge on any atom is 0.181 e. The predicted octanol–water partition coefficient (Wildman–Crippen LogP) is 2.12. The molecule has 3 N–H and O–H groups in total. The van der Waals surface area contributed by atoms with Crippen LogP contribution in [0.4, 0.5) is 5.82 Å². The highest BCUT2D eigenvalue weighted by Gasteiger charge is 2.07. The monoisotopic (exact) mass is 237 g/mol. The first-order valence-corrected chi connectivity index (χ1v) is 5.52. The van der Waals surface area contributed by atoms with Crippen molar-refractivity contribution in [3.8, 4) is 22.8 Å². The quantitative estimate of drug-likeness (QED) is 0.715. The van der Waals surface area contributed by atoms with Crippen LogP contribution in [0.15, 0.2) is 48.7 Å². The van der Waals surface area contributed by atoms with E-state index in [1.165, 1.54) is 0 Å². The Morgan fingerprint density at radius 1 is 1.00 bits per heavy atom. The molecule has 18 heavy (non-hydrogen) atoms. The number of nitrogens with two attached hydrogens (primary N) is 1. The molecule has 0 bridgehead atoms. The minimum atomic E-state index is 0.457. The average Bonchev–Trinajstić information content (AvgIpc) is 2.89. The highest BCUT2D eigenvalue weighted by molar-refractivity contribution is 5.62. The summed E-state index contributed by atoms with van der Waals surface area (Å²) in [7, 11) is 0. The molecule has 5 heteroatoms. The van der Waals surface area contributed by atoms with Gasteiger partial charge in [0.15, 0.2) is 11.6 Å². The molecular weight excluding hydrogens is 226 g/mol. The van der Waals surface area contributed by atoms with E-state index >= 15 is 0 Å². The molecule has 0 aliphatic rings. The Bertz CT molecular complexity index is 660. The summed E-state index contributed by atoms with van der Waals surface area (Å²) in [5.41, 5.74) is 7.48. The van der Waals surface area contributed by atoms with Gasteiger partial charge in [0.2, 0.25) is 0 Å². The summed E-state index contributed by atoms with van der Waals surface area (Å²) in [6.45, 7) is 0. The van der Waals surface area contributed by atoms with Crippen molar-refractivity contribution in [2.24, 2.45) is 0 Å². The second kappa shape index (κ2) is 4.29. The highest BCUT2D eigenvalue weighted by Crippen LogP contribution is 2.20. The number of nitrogens with zero attached hydrogens (tertiary/aromatic N) is 3. The van der Waals surface area contributed by atoms with Gasteiger partial charge in [-0.15, -0.1) is 0 Å².